The molecule has 0 spiro atoms. The molecule has 0 aromatic heterocycles. The molecule has 3 aliphatic heterocycles. The van der Waals surface area contributed by atoms with Crippen molar-refractivity contribution in [2.45, 2.75) is 180 Å². The highest BCUT2D eigenvalue weighted by Crippen LogP contribution is 2.39. The molecule has 1 unspecified atom stereocenters. The third-order valence-electron chi connectivity index (χ3n) is 14.0. The molecule has 1 aliphatic carbocycles. The number of Topliss-reactive ketones (excluding diaryl/α,β-unsaturated/α-hetero) is 2. The minimum Gasteiger partial charge on any atom is -0.460 e. The molecular formula is C49H77NO12. The van der Waals surface area contributed by atoms with Crippen LogP contribution in [-0.2, 0) is 38.1 Å². The number of carbonyl (C=O) groups excluding carboxylic acids is 4. The van der Waals surface area contributed by atoms with Crippen LogP contribution in [0.3, 0.4) is 0 Å². The highest BCUT2D eigenvalue weighted by molar-refractivity contribution is 5.87. The smallest absolute Gasteiger partial charge is 0.329 e. The fourth-order valence-corrected chi connectivity index (χ4v) is 9.81. The summed E-state index contributed by atoms with van der Waals surface area (Å²) in [6, 6.07) is -0.912. The molecule has 3 heterocycles. The molecule has 62 heavy (non-hydrogen) atoms. The molecule has 2 bridgehead atoms. The van der Waals surface area contributed by atoms with Crippen LogP contribution >= 0.6 is 0 Å². The maximum absolute atomic E-state index is 14.1. The van der Waals surface area contributed by atoms with E-state index in [2.05, 4.69) is 0 Å². The first kappa shape index (κ1) is 51.6. The summed E-state index contributed by atoms with van der Waals surface area (Å²) in [5, 5.41) is 43.9. The van der Waals surface area contributed by atoms with E-state index in [-0.39, 0.29) is 60.3 Å². The Labute approximate surface area is 370 Å². The number of ketones is 2. The van der Waals surface area contributed by atoms with Crippen molar-refractivity contribution in [3.05, 3.63) is 47.6 Å². The second kappa shape index (κ2) is 23.8. The summed E-state index contributed by atoms with van der Waals surface area (Å²) >= 11 is 0. The first-order chi connectivity index (χ1) is 29.3. The third-order valence-corrected chi connectivity index (χ3v) is 14.0. The molecule has 4 aliphatic rings. The van der Waals surface area contributed by atoms with Crippen molar-refractivity contribution in [1.29, 1.82) is 0 Å². The predicted molar refractivity (Wildman–Crippen MR) is 235 cm³/mol. The van der Waals surface area contributed by atoms with Crippen molar-refractivity contribution < 1.29 is 58.6 Å². The zero-order valence-electron chi connectivity index (χ0n) is 38.7. The molecule has 2 saturated heterocycles. The molecular weight excluding hydrogens is 795 g/mol. The second-order valence-electron chi connectivity index (χ2n) is 19.1. The van der Waals surface area contributed by atoms with Crippen LogP contribution in [0.15, 0.2) is 47.6 Å². The standard InChI is InChI=1S/C49H77NO12/c1-29-14-11-10-12-15-30(2)42(59-8)26-37-19-17-35(7)49(58,62-37)28-44(54)50-21-13-16-38(50)48(57)61-43(32(4)24-36-18-20-39(51)41(53)25-36)27-40(52)31(3)23-34(6)46(56)47(60-9)45(55)33(5)22-29/h10-12,14-15,23,29,31-33,35-39,41-43,46-47,51,53,56,58H,13,16-22,24-28H2,1-9H3/b12-10+,14-11+,30-15+,34-23+/t29-,31-,32-,33-,35-,36+,37+,38?,39-,41-,42+,43+,46-,47+,49+/m1/s1. The van der Waals surface area contributed by atoms with Gasteiger partial charge in [-0.25, -0.2) is 4.79 Å². The third kappa shape index (κ3) is 14.0. The minimum atomic E-state index is -1.75. The summed E-state index contributed by atoms with van der Waals surface area (Å²) in [4.78, 5) is 57.3. The molecule has 0 aromatic carbocycles. The summed E-state index contributed by atoms with van der Waals surface area (Å²) in [6.07, 6.45) is 10.6. The first-order valence-corrected chi connectivity index (χ1v) is 23.0. The number of aliphatic hydroxyl groups excluding tert-OH is 3. The second-order valence-corrected chi connectivity index (χ2v) is 19.1. The van der Waals surface area contributed by atoms with Gasteiger partial charge in [-0.05, 0) is 101 Å². The van der Waals surface area contributed by atoms with Crippen LogP contribution in [0.2, 0.25) is 0 Å². The zero-order valence-corrected chi connectivity index (χ0v) is 38.7. The van der Waals surface area contributed by atoms with Crippen LogP contribution in [0.1, 0.15) is 126 Å². The van der Waals surface area contributed by atoms with Gasteiger partial charge in [0.1, 0.15) is 30.1 Å². The summed E-state index contributed by atoms with van der Waals surface area (Å²) < 4.78 is 24.0. The Hall–Kier alpha value is -3.04. The van der Waals surface area contributed by atoms with Gasteiger partial charge < -0.3 is 44.3 Å². The van der Waals surface area contributed by atoms with Gasteiger partial charge >= 0.3 is 5.97 Å². The van der Waals surface area contributed by atoms with E-state index >= 15 is 0 Å². The lowest BCUT2D eigenvalue weighted by Crippen LogP contribution is -2.52. The predicted octanol–water partition coefficient (Wildman–Crippen LogP) is 5.96. The molecule has 13 heteroatoms. The van der Waals surface area contributed by atoms with Gasteiger partial charge in [0, 0.05) is 51.4 Å². The Kier molecular flexibility index (Phi) is 19.8. The number of fused-ring (bicyclic) bond motifs is 3. The normalized spacial score (nSPS) is 41.6. The highest BCUT2D eigenvalue weighted by Gasteiger charge is 2.47. The van der Waals surface area contributed by atoms with Gasteiger partial charge in [-0.3, -0.25) is 14.4 Å². The zero-order chi connectivity index (χ0) is 45.9. The van der Waals surface area contributed by atoms with E-state index in [4.69, 9.17) is 18.9 Å². The number of allylic oxidation sites excluding steroid dienone is 6. The SMILES string of the molecule is CO[C@H]1C[C@@H]2CC[C@@H](C)[C@](O)(CC(=O)N3CCCC3C(=O)O[C@H]([C@H](C)C[C@@H]3CC[C@@H](O)[C@H](O)C3)CC(=O)[C@H](C)/C=C(\C)[C@@H](O)[C@@H](OC)C(=O)[C@H](C)C[C@H](C)/C=C/C=C/C=C/1C)O2. The number of hydrogen-bond donors (Lipinski definition) is 4. The molecule has 0 aromatic rings. The highest BCUT2D eigenvalue weighted by atomic mass is 16.6. The molecule has 350 valence electrons. The number of nitrogens with zero attached hydrogens (tertiary/aromatic N) is 1. The topological polar surface area (TPSA) is 189 Å². The van der Waals surface area contributed by atoms with Crippen molar-refractivity contribution in [2.24, 2.45) is 35.5 Å². The van der Waals surface area contributed by atoms with Gasteiger partial charge in [-0.1, -0.05) is 71.1 Å². The monoisotopic (exact) mass is 872 g/mol. The van der Waals surface area contributed by atoms with Crippen molar-refractivity contribution >= 4 is 23.4 Å². The Morgan fingerprint density at radius 3 is 2.27 bits per heavy atom. The molecule has 15 atom stereocenters. The quantitative estimate of drug-likeness (QED) is 0.188. The number of amides is 1. The molecule has 3 fully saturated rings. The van der Waals surface area contributed by atoms with E-state index < -0.39 is 66.1 Å². The van der Waals surface area contributed by atoms with E-state index in [0.717, 1.165) is 5.57 Å². The van der Waals surface area contributed by atoms with E-state index in [9.17, 15) is 39.6 Å². The van der Waals surface area contributed by atoms with Gasteiger partial charge in [0.05, 0.1) is 30.8 Å². The van der Waals surface area contributed by atoms with Crippen LogP contribution in [0.5, 0.6) is 0 Å². The lowest BCUT2D eigenvalue weighted by Gasteiger charge is -2.43. The van der Waals surface area contributed by atoms with E-state index in [1.54, 1.807) is 27.0 Å². The first-order valence-electron chi connectivity index (χ1n) is 23.0. The number of hydrogen-bond acceptors (Lipinski definition) is 12. The number of carbonyl (C=O) groups is 4. The maximum Gasteiger partial charge on any atom is 0.329 e. The molecule has 1 amide bonds. The lowest BCUT2D eigenvalue weighted by atomic mass is 9.78. The van der Waals surface area contributed by atoms with Crippen molar-refractivity contribution in [3.63, 3.8) is 0 Å². The number of rotatable bonds is 5. The number of cyclic esters (lactones) is 1. The number of aliphatic hydroxyl groups is 4. The van der Waals surface area contributed by atoms with E-state index in [1.165, 1.54) is 12.0 Å². The Bertz CT molecular complexity index is 1640. The van der Waals surface area contributed by atoms with Crippen LogP contribution in [0.4, 0.5) is 0 Å². The number of esters is 1. The lowest BCUT2D eigenvalue weighted by molar-refractivity contribution is -0.283. The Balaban J connectivity index is 1.65. The molecule has 1 saturated carbocycles. The largest absolute Gasteiger partial charge is 0.460 e. The summed E-state index contributed by atoms with van der Waals surface area (Å²) in [6.45, 7) is 13.2. The van der Waals surface area contributed by atoms with Crippen LogP contribution in [-0.4, -0.2) is 124 Å². The average molecular weight is 872 g/mol. The van der Waals surface area contributed by atoms with Gasteiger partial charge in [0.2, 0.25) is 5.91 Å². The van der Waals surface area contributed by atoms with Crippen LogP contribution < -0.4 is 0 Å². The van der Waals surface area contributed by atoms with E-state index in [0.29, 0.717) is 76.3 Å². The summed E-state index contributed by atoms with van der Waals surface area (Å²) in [7, 11) is 3.02. The van der Waals surface area contributed by atoms with Gasteiger partial charge in [-0.2, -0.15) is 0 Å². The summed E-state index contributed by atoms with van der Waals surface area (Å²) in [5.41, 5.74) is 1.36. The molecule has 13 nitrogen and oxygen atoms in total. The number of ether oxygens (including phenoxy) is 4. The van der Waals surface area contributed by atoms with E-state index in [1.807, 2.05) is 65.0 Å². The minimum absolute atomic E-state index is 0.0361. The van der Waals surface area contributed by atoms with Crippen molar-refractivity contribution in [3.8, 4) is 0 Å². The number of methoxy groups -OCH3 is 2. The van der Waals surface area contributed by atoms with Gasteiger partial charge in [0.15, 0.2) is 11.6 Å². The fourth-order valence-electron chi connectivity index (χ4n) is 9.81. The summed E-state index contributed by atoms with van der Waals surface area (Å²) in [5.74, 6) is -5.00. The molecule has 0 radical (unpaired) electrons. The Morgan fingerprint density at radius 1 is 0.871 bits per heavy atom. The van der Waals surface area contributed by atoms with Crippen LogP contribution in [0.25, 0.3) is 0 Å². The van der Waals surface area contributed by atoms with Crippen molar-refractivity contribution in [2.75, 3.05) is 20.8 Å². The van der Waals surface area contributed by atoms with Gasteiger partial charge in [-0.15, -0.1) is 0 Å². The Morgan fingerprint density at radius 2 is 1.60 bits per heavy atom. The average Bonchev–Trinajstić information content (AvgIpc) is 3.72. The van der Waals surface area contributed by atoms with Crippen molar-refractivity contribution in [1.82, 2.24) is 4.90 Å². The maximum atomic E-state index is 14.1. The fraction of sp³-hybridized carbons (Fsp3) is 0.755. The van der Waals surface area contributed by atoms with Gasteiger partial charge in [0.25, 0.3) is 0 Å². The molecule has 4 N–H and O–H groups in total. The molecule has 4 rings (SSSR count). The van der Waals surface area contributed by atoms with Crippen LogP contribution in [0, 0.1) is 35.5 Å².